The van der Waals surface area contributed by atoms with E-state index < -0.39 is 17.5 Å². The van der Waals surface area contributed by atoms with Crippen molar-refractivity contribution in [3.05, 3.63) is 35.4 Å². The molecular weight excluding hydrogens is 286 g/mol. The number of hydrogen-bond acceptors (Lipinski definition) is 2. The molecule has 2 N–H and O–H groups in total. The van der Waals surface area contributed by atoms with Crippen LogP contribution in [-0.4, -0.2) is 30.4 Å². The zero-order valence-electron chi connectivity index (χ0n) is 11.1. The lowest BCUT2D eigenvalue weighted by Crippen LogP contribution is -2.40. The molecule has 0 saturated carbocycles. The summed E-state index contributed by atoms with van der Waals surface area (Å²) in [4.78, 5) is 13.8. The minimum absolute atomic E-state index is 0. The molecule has 112 valence electrons. The highest BCUT2D eigenvalue weighted by Gasteiger charge is 2.25. The van der Waals surface area contributed by atoms with Crippen LogP contribution in [0.2, 0.25) is 0 Å². The molecule has 0 radical (unpaired) electrons. The van der Waals surface area contributed by atoms with Gasteiger partial charge in [-0.25, -0.2) is 8.78 Å². The highest BCUT2D eigenvalue weighted by Crippen LogP contribution is 2.22. The van der Waals surface area contributed by atoms with Crippen LogP contribution in [0.3, 0.4) is 0 Å². The highest BCUT2D eigenvalue weighted by atomic mass is 35.5. The summed E-state index contributed by atoms with van der Waals surface area (Å²) in [6.07, 6.45) is 2.77. The maximum Gasteiger partial charge on any atom is 0.256 e. The number of carbonyl (C=O) groups is 1. The fourth-order valence-corrected chi connectivity index (χ4v) is 2.55. The molecule has 20 heavy (non-hydrogen) atoms. The topological polar surface area (TPSA) is 46.3 Å². The molecule has 1 aromatic rings. The molecule has 1 heterocycles. The first-order chi connectivity index (χ1) is 9.11. The summed E-state index contributed by atoms with van der Waals surface area (Å²) >= 11 is 0. The summed E-state index contributed by atoms with van der Waals surface area (Å²) in [7, 11) is 0. The van der Waals surface area contributed by atoms with E-state index in [2.05, 4.69) is 0 Å². The van der Waals surface area contributed by atoms with Gasteiger partial charge < -0.3 is 10.6 Å². The van der Waals surface area contributed by atoms with E-state index in [1.54, 1.807) is 4.90 Å². The standard InChI is InChI=1S/C14H18F2N2O.ClH/c15-11-3-4-13(16)12(8-11)14(19)18-7-1-2-10(9-18)5-6-17;/h3-4,8,10H,1-2,5-7,9,17H2;1H. The van der Waals surface area contributed by atoms with Crippen LogP contribution in [-0.2, 0) is 0 Å². The van der Waals surface area contributed by atoms with Gasteiger partial charge in [0, 0.05) is 13.1 Å². The Morgan fingerprint density at radius 1 is 1.40 bits per heavy atom. The SMILES string of the molecule is Cl.NCCC1CCCN(C(=O)c2cc(F)ccc2F)C1. The lowest BCUT2D eigenvalue weighted by atomic mass is 9.94. The largest absolute Gasteiger partial charge is 0.338 e. The van der Waals surface area contributed by atoms with E-state index in [0.717, 1.165) is 37.5 Å². The summed E-state index contributed by atoms with van der Waals surface area (Å²) in [5, 5.41) is 0. The van der Waals surface area contributed by atoms with Crippen molar-refractivity contribution in [2.24, 2.45) is 11.7 Å². The number of amides is 1. The summed E-state index contributed by atoms with van der Waals surface area (Å²) in [5.74, 6) is -1.34. The van der Waals surface area contributed by atoms with Gasteiger partial charge in [-0.15, -0.1) is 12.4 Å². The van der Waals surface area contributed by atoms with Gasteiger partial charge in [0.05, 0.1) is 5.56 Å². The average molecular weight is 305 g/mol. The number of rotatable bonds is 3. The van der Waals surface area contributed by atoms with Crippen LogP contribution < -0.4 is 5.73 Å². The second kappa shape index (κ2) is 7.55. The number of nitrogens with zero attached hydrogens (tertiary/aromatic N) is 1. The van der Waals surface area contributed by atoms with E-state index in [4.69, 9.17) is 5.73 Å². The van der Waals surface area contributed by atoms with Gasteiger partial charge in [0.2, 0.25) is 0 Å². The Bertz CT molecular complexity index is 468. The highest BCUT2D eigenvalue weighted by molar-refractivity contribution is 5.94. The Balaban J connectivity index is 0.00000200. The molecule has 3 nitrogen and oxygen atoms in total. The third-order valence-corrected chi connectivity index (χ3v) is 3.54. The van der Waals surface area contributed by atoms with Crippen LogP contribution in [0.25, 0.3) is 0 Å². The second-order valence-electron chi connectivity index (χ2n) is 4.96. The Morgan fingerprint density at radius 3 is 2.85 bits per heavy atom. The first-order valence-electron chi connectivity index (χ1n) is 6.56. The van der Waals surface area contributed by atoms with Crippen molar-refractivity contribution in [3.63, 3.8) is 0 Å². The number of benzene rings is 1. The van der Waals surface area contributed by atoms with E-state index >= 15 is 0 Å². The van der Waals surface area contributed by atoms with E-state index in [0.29, 0.717) is 25.6 Å². The van der Waals surface area contributed by atoms with Crippen LogP contribution in [0.5, 0.6) is 0 Å². The second-order valence-corrected chi connectivity index (χ2v) is 4.96. The minimum atomic E-state index is -0.674. The van der Waals surface area contributed by atoms with Gasteiger partial charge in [-0.2, -0.15) is 0 Å². The molecule has 0 aromatic heterocycles. The van der Waals surface area contributed by atoms with Gasteiger partial charge in [-0.1, -0.05) is 0 Å². The van der Waals surface area contributed by atoms with Crippen LogP contribution in [0, 0.1) is 17.6 Å². The molecule has 1 aliphatic rings. The number of nitrogens with two attached hydrogens (primary N) is 1. The Kier molecular flexibility index (Phi) is 6.36. The first-order valence-corrected chi connectivity index (χ1v) is 6.56. The molecule has 1 aromatic carbocycles. The van der Waals surface area contributed by atoms with Gasteiger partial charge in [-0.3, -0.25) is 4.79 Å². The maximum absolute atomic E-state index is 13.6. The number of likely N-dealkylation sites (tertiary alicyclic amines) is 1. The summed E-state index contributed by atoms with van der Waals surface area (Å²) in [6, 6.07) is 2.97. The molecule has 1 fully saturated rings. The van der Waals surface area contributed by atoms with Crippen molar-refractivity contribution in [2.45, 2.75) is 19.3 Å². The molecular formula is C14H19ClF2N2O. The fourth-order valence-electron chi connectivity index (χ4n) is 2.55. The predicted molar refractivity (Wildman–Crippen MR) is 75.9 cm³/mol. The Morgan fingerprint density at radius 2 is 2.15 bits per heavy atom. The average Bonchev–Trinajstić information content (AvgIpc) is 2.41. The minimum Gasteiger partial charge on any atom is -0.338 e. The summed E-state index contributed by atoms with van der Waals surface area (Å²) < 4.78 is 26.7. The van der Waals surface area contributed by atoms with Gasteiger partial charge in [-0.05, 0) is 49.9 Å². The fraction of sp³-hybridized carbons (Fsp3) is 0.500. The van der Waals surface area contributed by atoms with Crippen molar-refractivity contribution in [2.75, 3.05) is 19.6 Å². The number of hydrogen-bond donors (Lipinski definition) is 1. The van der Waals surface area contributed by atoms with Crippen LogP contribution in [0.4, 0.5) is 8.78 Å². The molecule has 1 aliphatic heterocycles. The first kappa shape index (κ1) is 16.9. The lowest BCUT2D eigenvalue weighted by Gasteiger charge is -2.32. The molecule has 0 bridgehead atoms. The van der Waals surface area contributed by atoms with Gasteiger partial charge in [0.1, 0.15) is 11.6 Å². The molecule has 6 heteroatoms. The molecule has 1 amide bonds. The monoisotopic (exact) mass is 304 g/mol. The van der Waals surface area contributed by atoms with E-state index in [-0.39, 0.29) is 18.0 Å². The zero-order valence-corrected chi connectivity index (χ0v) is 12.0. The Labute approximate surface area is 123 Å². The molecule has 1 unspecified atom stereocenters. The normalized spacial score (nSPS) is 18.6. The number of carbonyl (C=O) groups excluding carboxylic acids is 1. The van der Waals surface area contributed by atoms with Crippen molar-refractivity contribution in [1.82, 2.24) is 4.90 Å². The van der Waals surface area contributed by atoms with Crippen molar-refractivity contribution in [3.8, 4) is 0 Å². The van der Waals surface area contributed by atoms with Crippen LogP contribution in [0.1, 0.15) is 29.6 Å². The Hall–Kier alpha value is -1.20. The molecule has 1 atom stereocenters. The maximum atomic E-state index is 13.6. The smallest absolute Gasteiger partial charge is 0.256 e. The van der Waals surface area contributed by atoms with E-state index in [1.807, 2.05) is 0 Å². The van der Waals surface area contributed by atoms with Crippen LogP contribution in [0.15, 0.2) is 18.2 Å². The molecule has 0 spiro atoms. The van der Waals surface area contributed by atoms with Gasteiger partial charge in [0.25, 0.3) is 5.91 Å². The third kappa shape index (κ3) is 3.90. The summed E-state index contributed by atoms with van der Waals surface area (Å²) in [6.45, 7) is 1.75. The van der Waals surface area contributed by atoms with Crippen molar-refractivity contribution >= 4 is 18.3 Å². The number of halogens is 3. The lowest BCUT2D eigenvalue weighted by molar-refractivity contribution is 0.0664. The van der Waals surface area contributed by atoms with E-state index in [1.165, 1.54) is 0 Å². The summed E-state index contributed by atoms with van der Waals surface area (Å²) in [5.41, 5.74) is 5.34. The van der Waals surface area contributed by atoms with E-state index in [9.17, 15) is 13.6 Å². The van der Waals surface area contributed by atoms with Crippen molar-refractivity contribution in [1.29, 1.82) is 0 Å². The van der Waals surface area contributed by atoms with Crippen LogP contribution >= 0.6 is 12.4 Å². The number of piperidine rings is 1. The quantitative estimate of drug-likeness (QED) is 0.933. The molecule has 2 rings (SSSR count). The third-order valence-electron chi connectivity index (χ3n) is 3.54. The molecule has 0 aliphatic carbocycles. The van der Waals surface area contributed by atoms with Crippen molar-refractivity contribution < 1.29 is 13.6 Å². The molecule has 1 saturated heterocycles. The zero-order chi connectivity index (χ0) is 13.8. The van der Waals surface area contributed by atoms with Gasteiger partial charge >= 0.3 is 0 Å². The predicted octanol–water partition coefficient (Wildman–Crippen LogP) is 2.59. The van der Waals surface area contributed by atoms with Gasteiger partial charge in [0.15, 0.2) is 0 Å².